The molecule has 0 amide bonds. The van der Waals surface area contributed by atoms with Crippen molar-refractivity contribution in [1.29, 1.82) is 0 Å². The molecule has 6 nitrogen and oxygen atoms in total. The van der Waals surface area contributed by atoms with Crippen molar-refractivity contribution in [1.82, 2.24) is 14.5 Å². The average molecular weight is 540 g/mol. The summed E-state index contributed by atoms with van der Waals surface area (Å²) in [6.45, 7) is 1.91. The van der Waals surface area contributed by atoms with Crippen LogP contribution >= 0.6 is 34.7 Å². The van der Waals surface area contributed by atoms with Gasteiger partial charge in [-0.1, -0.05) is 23.7 Å². The van der Waals surface area contributed by atoms with Gasteiger partial charge >= 0.3 is 0 Å². The summed E-state index contributed by atoms with van der Waals surface area (Å²) in [5.41, 5.74) is 2.24. The van der Waals surface area contributed by atoms with Crippen LogP contribution in [0.15, 0.2) is 59.5 Å². The zero-order valence-electron chi connectivity index (χ0n) is 19.9. The monoisotopic (exact) mass is 539 g/mol. The Balaban J connectivity index is 1.22. The van der Waals surface area contributed by atoms with Crippen LogP contribution in [0.2, 0.25) is 5.02 Å². The Morgan fingerprint density at radius 3 is 2.56 bits per heavy atom. The van der Waals surface area contributed by atoms with Crippen molar-refractivity contribution in [2.75, 3.05) is 31.7 Å². The number of thioether (sulfide) groups is 1. The van der Waals surface area contributed by atoms with Crippen molar-refractivity contribution >= 4 is 44.9 Å². The molecule has 0 radical (unpaired) electrons. The Morgan fingerprint density at radius 2 is 1.81 bits per heavy atom. The molecule has 4 aromatic rings. The summed E-state index contributed by atoms with van der Waals surface area (Å²) in [7, 11) is 1.63. The highest BCUT2D eigenvalue weighted by atomic mass is 35.5. The average Bonchev–Trinajstić information content (AvgIpc) is 3.32. The third-order valence-electron chi connectivity index (χ3n) is 6.84. The second kappa shape index (κ2) is 10.1. The van der Waals surface area contributed by atoms with E-state index in [4.69, 9.17) is 21.1 Å². The van der Waals surface area contributed by atoms with Gasteiger partial charge in [0.25, 0.3) is 5.56 Å². The third-order valence-corrected chi connectivity index (χ3v) is 9.25. The van der Waals surface area contributed by atoms with E-state index in [9.17, 15) is 4.79 Å². The molecule has 0 bridgehead atoms. The minimum Gasteiger partial charge on any atom is -0.493 e. The largest absolute Gasteiger partial charge is 0.493 e. The fourth-order valence-electron chi connectivity index (χ4n) is 4.82. The number of rotatable bonds is 6. The molecule has 2 saturated heterocycles. The molecule has 186 valence electrons. The van der Waals surface area contributed by atoms with Crippen LogP contribution in [0.5, 0.6) is 11.5 Å². The minimum atomic E-state index is -0.110. The summed E-state index contributed by atoms with van der Waals surface area (Å²) in [6, 6.07) is 15.7. The van der Waals surface area contributed by atoms with E-state index in [1.165, 1.54) is 35.7 Å². The van der Waals surface area contributed by atoms with Crippen LogP contribution in [0.3, 0.4) is 0 Å². The first-order chi connectivity index (χ1) is 17.6. The van der Waals surface area contributed by atoms with E-state index in [2.05, 4.69) is 21.6 Å². The fourth-order valence-corrected chi connectivity index (χ4v) is 7.02. The van der Waals surface area contributed by atoms with Crippen molar-refractivity contribution in [3.05, 3.63) is 70.1 Å². The van der Waals surface area contributed by atoms with Crippen LogP contribution in [0, 0.1) is 0 Å². The van der Waals surface area contributed by atoms with Gasteiger partial charge in [-0.3, -0.25) is 14.3 Å². The molecule has 2 fully saturated rings. The zero-order chi connectivity index (χ0) is 24.6. The van der Waals surface area contributed by atoms with Gasteiger partial charge < -0.3 is 9.47 Å². The van der Waals surface area contributed by atoms with E-state index in [0.717, 1.165) is 29.3 Å². The first kappa shape index (κ1) is 23.9. The Bertz CT molecular complexity index is 1440. The van der Waals surface area contributed by atoms with Crippen molar-refractivity contribution in [2.24, 2.45) is 0 Å². The maximum absolute atomic E-state index is 13.4. The van der Waals surface area contributed by atoms with Gasteiger partial charge in [0.05, 0.1) is 18.3 Å². The molecule has 2 aromatic carbocycles. The van der Waals surface area contributed by atoms with Gasteiger partial charge in [-0.05, 0) is 54.7 Å². The summed E-state index contributed by atoms with van der Waals surface area (Å²) < 4.78 is 14.1. The molecule has 9 heteroatoms. The van der Waals surface area contributed by atoms with Gasteiger partial charge in [0.2, 0.25) is 0 Å². The first-order valence-electron chi connectivity index (χ1n) is 12.0. The molecular formula is C27H26ClN3O3S2. The van der Waals surface area contributed by atoms with Gasteiger partial charge in [-0.25, -0.2) is 4.98 Å². The molecular weight excluding hydrogens is 514 g/mol. The molecule has 36 heavy (non-hydrogen) atoms. The SMILES string of the molecule is COc1cc(-n2ccc3nc(-c4ccc(Cl)cc4)sc3c2=O)ccc1OC1CN(C2CCSCC2)C1. The second-order valence-electron chi connectivity index (χ2n) is 9.10. The third kappa shape index (κ3) is 4.63. The standard InChI is InChI=1S/C27H26ClN3O3S2/c1-33-24-14-20(6-7-23(24)34-21-15-30(16-21)19-9-12-35-13-10-19)31-11-8-22-25(27(31)32)36-26(29-22)17-2-4-18(28)5-3-17/h2-8,11,14,19,21H,9-10,12-13,15-16H2,1H3. The molecule has 0 saturated carbocycles. The topological polar surface area (TPSA) is 56.6 Å². The van der Waals surface area contributed by atoms with E-state index in [1.54, 1.807) is 17.9 Å². The zero-order valence-corrected chi connectivity index (χ0v) is 22.2. The van der Waals surface area contributed by atoms with E-state index in [0.29, 0.717) is 32.8 Å². The minimum absolute atomic E-state index is 0.110. The highest BCUT2D eigenvalue weighted by Gasteiger charge is 2.34. The van der Waals surface area contributed by atoms with Gasteiger partial charge in [0.1, 0.15) is 15.8 Å². The quantitative estimate of drug-likeness (QED) is 0.312. The van der Waals surface area contributed by atoms with Crippen LogP contribution < -0.4 is 15.0 Å². The number of likely N-dealkylation sites (tertiary alicyclic amines) is 1. The molecule has 0 spiro atoms. The fraction of sp³-hybridized carbons (Fsp3) is 0.333. The van der Waals surface area contributed by atoms with E-state index < -0.39 is 0 Å². The van der Waals surface area contributed by atoms with E-state index >= 15 is 0 Å². The number of aromatic nitrogens is 2. The number of methoxy groups -OCH3 is 1. The van der Waals surface area contributed by atoms with Crippen molar-refractivity contribution < 1.29 is 9.47 Å². The Kier molecular flexibility index (Phi) is 6.69. The highest BCUT2D eigenvalue weighted by molar-refractivity contribution is 7.99. The van der Waals surface area contributed by atoms with Crippen LogP contribution in [-0.4, -0.2) is 58.3 Å². The predicted octanol–water partition coefficient (Wildman–Crippen LogP) is 5.73. The van der Waals surface area contributed by atoms with Gasteiger partial charge in [0.15, 0.2) is 11.5 Å². The highest BCUT2D eigenvalue weighted by Crippen LogP contribution is 2.34. The van der Waals surface area contributed by atoms with Gasteiger partial charge in [0, 0.05) is 42.0 Å². The number of thiazole rings is 1. The summed E-state index contributed by atoms with van der Waals surface area (Å²) in [5, 5.41) is 1.46. The normalized spacial score (nSPS) is 17.3. The molecule has 0 aliphatic carbocycles. The molecule has 4 heterocycles. The maximum Gasteiger partial charge on any atom is 0.274 e. The lowest BCUT2D eigenvalue weighted by Crippen LogP contribution is -2.58. The summed E-state index contributed by atoms with van der Waals surface area (Å²) in [4.78, 5) is 20.6. The lowest BCUT2D eigenvalue weighted by molar-refractivity contribution is -0.0123. The number of nitrogens with zero attached hydrogens (tertiary/aromatic N) is 3. The number of hydrogen-bond donors (Lipinski definition) is 0. The van der Waals surface area contributed by atoms with E-state index in [-0.39, 0.29) is 11.7 Å². The van der Waals surface area contributed by atoms with Crippen molar-refractivity contribution in [3.8, 4) is 27.8 Å². The molecule has 0 unspecified atom stereocenters. The lowest BCUT2D eigenvalue weighted by atomic mass is 10.0. The first-order valence-corrected chi connectivity index (χ1v) is 14.4. The second-order valence-corrected chi connectivity index (χ2v) is 11.8. The Labute approximate surface area is 222 Å². The molecule has 2 aromatic heterocycles. The van der Waals surface area contributed by atoms with Crippen LogP contribution in [-0.2, 0) is 0 Å². The van der Waals surface area contributed by atoms with Gasteiger partial charge in [-0.15, -0.1) is 11.3 Å². The number of pyridine rings is 1. The molecule has 0 N–H and O–H groups in total. The van der Waals surface area contributed by atoms with Crippen molar-refractivity contribution in [3.63, 3.8) is 0 Å². The molecule has 2 aliphatic heterocycles. The smallest absolute Gasteiger partial charge is 0.274 e. The Morgan fingerprint density at radius 1 is 1.03 bits per heavy atom. The van der Waals surface area contributed by atoms with Crippen LogP contribution in [0.4, 0.5) is 0 Å². The molecule has 6 rings (SSSR count). The molecule has 2 aliphatic rings. The summed E-state index contributed by atoms with van der Waals surface area (Å²) in [5.74, 6) is 3.86. The number of ether oxygens (including phenoxy) is 2. The molecule has 0 atom stereocenters. The van der Waals surface area contributed by atoms with Crippen LogP contribution in [0.25, 0.3) is 26.5 Å². The van der Waals surface area contributed by atoms with E-state index in [1.807, 2.05) is 48.5 Å². The Hall–Kier alpha value is -2.52. The number of benzene rings is 2. The number of halogens is 1. The summed E-state index contributed by atoms with van der Waals surface area (Å²) in [6.07, 6.45) is 4.48. The maximum atomic E-state index is 13.4. The number of hydrogen-bond acceptors (Lipinski definition) is 7. The van der Waals surface area contributed by atoms with Crippen molar-refractivity contribution in [2.45, 2.75) is 25.0 Å². The predicted molar refractivity (Wildman–Crippen MR) is 149 cm³/mol. The summed E-state index contributed by atoms with van der Waals surface area (Å²) >= 11 is 9.45. The number of fused-ring (bicyclic) bond motifs is 1. The van der Waals surface area contributed by atoms with Gasteiger partial charge in [-0.2, -0.15) is 11.8 Å². The lowest BCUT2D eigenvalue weighted by Gasteiger charge is -2.45. The van der Waals surface area contributed by atoms with Crippen LogP contribution in [0.1, 0.15) is 12.8 Å².